The van der Waals surface area contributed by atoms with Crippen molar-refractivity contribution >= 4 is 28.9 Å². The maximum absolute atomic E-state index is 13.4. The summed E-state index contributed by atoms with van der Waals surface area (Å²) in [7, 11) is 3.04. The number of aromatic nitrogens is 2. The lowest BCUT2D eigenvalue weighted by atomic mass is 9.81. The minimum absolute atomic E-state index is 0.144. The Morgan fingerprint density at radius 1 is 0.897 bits per heavy atom. The van der Waals surface area contributed by atoms with Crippen LogP contribution in [0.4, 0.5) is 5.82 Å². The third-order valence-corrected chi connectivity index (χ3v) is 6.04. The van der Waals surface area contributed by atoms with Gasteiger partial charge in [0.2, 0.25) is 0 Å². The molecule has 2 heterocycles. The highest BCUT2D eigenvalue weighted by Crippen LogP contribution is 2.48. The van der Waals surface area contributed by atoms with Gasteiger partial charge in [-0.3, -0.25) is 18.7 Å². The second-order valence-electron chi connectivity index (χ2n) is 7.21. The number of allylic oxidation sites excluding steroid dienone is 1. The predicted molar refractivity (Wildman–Crippen MR) is 112 cm³/mol. The van der Waals surface area contributed by atoms with E-state index in [1.54, 1.807) is 25.2 Å². The number of carbonyl (C=O) groups excluding carboxylic acids is 1. The van der Waals surface area contributed by atoms with Gasteiger partial charge in [-0.1, -0.05) is 54.1 Å². The number of nitrogens with zero attached hydrogens (tertiary/aromatic N) is 2. The number of anilines is 1. The van der Waals surface area contributed by atoms with E-state index < -0.39 is 17.2 Å². The average molecular weight is 406 g/mol. The molecule has 0 saturated carbocycles. The van der Waals surface area contributed by atoms with Gasteiger partial charge in [0.15, 0.2) is 5.78 Å². The van der Waals surface area contributed by atoms with Gasteiger partial charge in [0.05, 0.1) is 17.2 Å². The minimum Gasteiger partial charge on any atom is -0.340 e. The molecule has 1 N–H and O–H groups in total. The summed E-state index contributed by atoms with van der Waals surface area (Å²) in [6.07, 6.45) is 0. The largest absolute Gasteiger partial charge is 0.340 e. The number of hydrogen-bond acceptors (Lipinski definition) is 4. The summed E-state index contributed by atoms with van der Waals surface area (Å²) >= 11 is 6.51. The van der Waals surface area contributed by atoms with Gasteiger partial charge in [-0.25, -0.2) is 4.79 Å². The highest BCUT2D eigenvalue weighted by molar-refractivity contribution is 6.32. The zero-order chi connectivity index (χ0) is 20.4. The molecular weight excluding hydrogens is 390 g/mol. The summed E-state index contributed by atoms with van der Waals surface area (Å²) in [5.74, 6) is -0.443. The molecule has 0 amide bonds. The van der Waals surface area contributed by atoms with Crippen LogP contribution in [0.1, 0.15) is 33.0 Å². The molecule has 1 aromatic heterocycles. The fourth-order valence-corrected chi connectivity index (χ4v) is 4.52. The first-order chi connectivity index (χ1) is 13.9. The molecule has 0 spiro atoms. The third-order valence-electron chi connectivity index (χ3n) is 5.69. The lowest BCUT2D eigenvalue weighted by Crippen LogP contribution is -2.42. The Balaban J connectivity index is 1.92. The Hall–Kier alpha value is -3.38. The summed E-state index contributed by atoms with van der Waals surface area (Å²) in [4.78, 5) is 39.1. The number of rotatable bonds is 1. The van der Waals surface area contributed by atoms with Crippen molar-refractivity contribution in [2.45, 2.75) is 5.92 Å². The summed E-state index contributed by atoms with van der Waals surface area (Å²) in [5, 5.41) is 3.66. The number of hydrogen-bond donors (Lipinski definition) is 1. The number of fused-ring (bicyclic) bond motifs is 3. The summed E-state index contributed by atoms with van der Waals surface area (Å²) in [6.45, 7) is 0. The smallest absolute Gasteiger partial charge is 0.332 e. The molecule has 5 rings (SSSR count). The van der Waals surface area contributed by atoms with Crippen LogP contribution < -0.4 is 16.6 Å². The molecule has 6 nitrogen and oxygen atoms in total. The monoisotopic (exact) mass is 405 g/mol. The van der Waals surface area contributed by atoms with Crippen molar-refractivity contribution in [3.05, 3.63) is 102 Å². The van der Waals surface area contributed by atoms with E-state index in [2.05, 4.69) is 5.32 Å². The Morgan fingerprint density at radius 2 is 1.55 bits per heavy atom. The zero-order valence-electron chi connectivity index (χ0n) is 15.7. The van der Waals surface area contributed by atoms with Gasteiger partial charge in [0.1, 0.15) is 5.82 Å². The molecule has 0 radical (unpaired) electrons. The van der Waals surface area contributed by atoms with Gasteiger partial charge in [0.25, 0.3) is 5.56 Å². The fraction of sp³-hybridized carbons (Fsp3) is 0.136. The topological polar surface area (TPSA) is 73.1 Å². The van der Waals surface area contributed by atoms with Crippen LogP contribution in [-0.2, 0) is 14.1 Å². The van der Waals surface area contributed by atoms with Crippen molar-refractivity contribution in [3.63, 3.8) is 0 Å². The van der Waals surface area contributed by atoms with Crippen molar-refractivity contribution in [1.82, 2.24) is 9.13 Å². The predicted octanol–water partition coefficient (Wildman–Crippen LogP) is 2.90. The molecular formula is C22H16ClN3O3. The Labute approximate surface area is 170 Å². The zero-order valence-corrected chi connectivity index (χ0v) is 16.4. The molecule has 1 atom stereocenters. The number of carbonyl (C=O) groups is 1. The molecule has 0 fully saturated rings. The van der Waals surface area contributed by atoms with Crippen molar-refractivity contribution in [3.8, 4) is 0 Å². The molecule has 3 aromatic rings. The van der Waals surface area contributed by atoms with Crippen LogP contribution in [0.3, 0.4) is 0 Å². The van der Waals surface area contributed by atoms with Crippen molar-refractivity contribution < 1.29 is 4.79 Å². The van der Waals surface area contributed by atoms with Gasteiger partial charge >= 0.3 is 5.69 Å². The highest BCUT2D eigenvalue weighted by atomic mass is 35.5. The molecule has 29 heavy (non-hydrogen) atoms. The molecule has 0 unspecified atom stereocenters. The van der Waals surface area contributed by atoms with Crippen LogP contribution in [0.15, 0.2) is 63.7 Å². The fourth-order valence-electron chi connectivity index (χ4n) is 4.28. The molecule has 2 aliphatic rings. The van der Waals surface area contributed by atoms with Crippen LogP contribution in [0.2, 0.25) is 5.02 Å². The number of nitrogens with one attached hydrogen (secondary N) is 1. The van der Waals surface area contributed by atoms with Gasteiger partial charge in [0, 0.05) is 35.8 Å². The molecule has 0 bridgehead atoms. The first-order valence-corrected chi connectivity index (χ1v) is 9.49. The van der Waals surface area contributed by atoms with Gasteiger partial charge < -0.3 is 5.32 Å². The average Bonchev–Trinajstić information content (AvgIpc) is 3.02. The quantitative estimate of drug-likeness (QED) is 0.675. The van der Waals surface area contributed by atoms with E-state index in [4.69, 9.17) is 11.6 Å². The lowest BCUT2D eigenvalue weighted by molar-refractivity contribution is 0.103. The standard InChI is InChI=1S/C22H16ClN3O3/c1-25-20-17(21(28)26(2)22(25)29)15(13-9-5-6-10-14(13)23)16-18(24-20)11-7-3-4-8-12(11)19(16)27/h3-10,15,24H,1-2H3/t15-/m1/s1. The third kappa shape index (κ3) is 2.26. The minimum atomic E-state index is -0.680. The molecule has 7 heteroatoms. The van der Waals surface area contributed by atoms with E-state index in [1.165, 1.54) is 11.6 Å². The summed E-state index contributed by atoms with van der Waals surface area (Å²) in [6, 6.07) is 14.5. The molecule has 1 aliphatic heterocycles. The van der Waals surface area contributed by atoms with E-state index in [1.807, 2.05) is 30.3 Å². The van der Waals surface area contributed by atoms with Gasteiger partial charge in [-0.15, -0.1) is 0 Å². The Kier molecular flexibility index (Phi) is 3.70. The number of Topliss-reactive ketones (excluding diaryl/α,β-unsaturated/α-hetero) is 1. The van der Waals surface area contributed by atoms with E-state index in [0.717, 1.165) is 10.1 Å². The van der Waals surface area contributed by atoms with Crippen LogP contribution in [0, 0.1) is 0 Å². The highest BCUT2D eigenvalue weighted by Gasteiger charge is 2.43. The van der Waals surface area contributed by atoms with Gasteiger partial charge in [-0.05, 0) is 11.6 Å². The van der Waals surface area contributed by atoms with E-state index >= 15 is 0 Å². The maximum Gasteiger partial charge on any atom is 0.332 e. The second-order valence-corrected chi connectivity index (χ2v) is 7.62. The normalized spacial score (nSPS) is 16.9. The van der Waals surface area contributed by atoms with Crippen LogP contribution in [0.5, 0.6) is 0 Å². The second kappa shape index (κ2) is 6.06. The number of halogens is 1. The van der Waals surface area contributed by atoms with Crippen LogP contribution in [-0.4, -0.2) is 14.9 Å². The summed E-state index contributed by atoms with van der Waals surface area (Å²) in [5.41, 5.74) is 2.51. The molecule has 1 aliphatic carbocycles. The number of ketones is 1. The Bertz CT molecular complexity index is 1380. The van der Waals surface area contributed by atoms with E-state index in [0.29, 0.717) is 38.8 Å². The van der Waals surface area contributed by atoms with E-state index in [9.17, 15) is 14.4 Å². The molecule has 144 valence electrons. The van der Waals surface area contributed by atoms with E-state index in [-0.39, 0.29) is 5.78 Å². The van der Waals surface area contributed by atoms with Crippen molar-refractivity contribution in [2.24, 2.45) is 14.1 Å². The maximum atomic E-state index is 13.4. The van der Waals surface area contributed by atoms with Gasteiger partial charge in [-0.2, -0.15) is 0 Å². The summed E-state index contributed by atoms with van der Waals surface area (Å²) < 4.78 is 2.46. The van der Waals surface area contributed by atoms with Crippen molar-refractivity contribution in [2.75, 3.05) is 5.32 Å². The first-order valence-electron chi connectivity index (χ1n) is 9.11. The first kappa shape index (κ1) is 17.7. The molecule has 2 aromatic carbocycles. The van der Waals surface area contributed by atoms with Crippen LogP contribution >= 0.6 is 11.6 Å². The van der Waals surface area contributed by atoms with Crippen molar-refractivity contribution in [1.29, 1.82) is 0 Å². The lowest BCUT2D eigenvalue weighted by Gasteiger charge is -2.30. The van der Waals surface area contributed by atoms with Crippen LogP contribution in [0.25, 0.3) is 5.70 Å². The SMILES string of the molecule is Cn1c2c(c(=O)n(C)c1=O)[C@H](c1ccccc1Cl)C1=C(N2)c2ccccc2C1=O. The Morgan fingerprint density at radius 3 is 2.28 bits per heavy atom. The number of benzene rings is 2. The molecule has 0 saturated heterocycles.